The van der Waals surface area contributed by atoms with Gasteiger partial charge in [-0.2, -0.15) is 18.3 Å². The first-order chi connectivity index (χ1) is 10.4. The maximum atomic E-state index is 12.8. The monoisotopic (exact) mass is 308 g/mol. The van der Waals surface area contributed by atoms with Crippen molar-refractivity contribution in [2.24, 2.45) is 5.10 Å². The van der Waals surface area contributed by atoms with Crippen molar-refractivity contribution in [2.45, 2.75) is 6.18 Å². The summed E-state index contributed by atoms with van der Waals surface area (Å²) in [6.07, 6.45) is -3.39. The van der Waals surface area contributed by atoms with Gasteiger partial charge in [-0.15, -0.1) is 0 Å². The molecular weight excluding hydrogens is 297 g/mol. The Hall–Kier alpha value is -2.83. The lowest BCUT2D eigenvalue weighted by molar-refractivity contribution is -0.137. The summed E-state index contributed by atoms with van der Waals surface area (Å²) in [5.41, 5.74) is 2.28. The van der Waals surface area contributed by atoms with Gasteiger partial charge in [0.15, 0.2) is 0 Å². The number of nitrogens with zero attached hydrogens (tertiary/aromatic N) is 1. The number of carboxylic acid groups (broad SMARTS) is 1. The van der Waals surface area contributed by atoms with E-state index in [0.29, 0.717) is 5.69 Å². The van der Waals surface area contributed by atoms with Crippen LogP contribution in [-0.4, -0.2) is 17.3 Å². The molecule has 0 atom stereocenters. The van der Waals surface area contributed by atoms with E-state index in [1.807, 2.05) is 0 Å². The lowest BCUT2D eigenvalue weighted by Crippen LogP contribution is -2.08. The van der Waals surface area contributed by atoms with Gasteiger partial charge < -0.3 is 5.11 Å². The maximum Gasteiger partial charge on any atom is 0.417 e. The van der Waals surface area contributed by atoms with Gasteiger partial charge in [0.2, 0.25) is 0 Å². The van der Waals surface area contributed by atoms with Gasteiger partial charge in [-0.3, -0.25) is 5.43 Å². The quantitative estimate of drug-likeness (QED) is 0.666. The fraction of sp³-hybridized carbons (Fsp3) is 0.0667. The second kappa shape index (κ2) is 6.30. The van der Waals surface area contributed by atoms with E-state index in [1.165, 1.54) is 42.5 Å². The van der Waals surface area contributed by atoms with E-state index in [2.05, 4.69) is 10.5 Å². The Labute approximate surface area is 123 Å². The van der Waals surface area contributed by atoms with Gasteiger partial charge in [-0.1, -0.05) is 18.2 Å². The third kappa shape index (κ3) is 3.85. The second-order valence-electron chi connectivity index (χ2n) is 4.34. The molecule has 0 aromatic heterocycles. The molecule has 2 N–H and O–H groups in total. The molecule has 0 saturated carbocycles. The van der Waals surface area contributed by atoms with Gasteiger partial charge in [-0.05, 0) is 30.3 Å². The van der Waals surface area contributed by atoms with E-state index in [1.54, 1.807) is 0 Å². The van der Waals surface area contributed by atoms with E-state index >= 15 is 0 Å². The molecule has 7 heteroatoms. The summed E-state index contributed by atoms with van der Waals surface area (Å²) in [4.78, 5) is 10.7. The highest BCUT2D eigenvalue weighted by Gasteiger charge is 2.32. The molecule has 2 aromatic rings. The minimum atomic E-state index is -4.45. The minimum Gasteiger partial charge on any atom is -0.478 e. The third-order valence-corrected chi connectivity index (χ3v) is 2.80. The summed E-state index contributed by atoms with van der Waals surface area (Å²) in [7, 11) is 0. The molecule has 114 valence electrons. The van der Waals surface area contributed by atoms with Crippen LogP contribution in [-0.2, 0) is 6.18 Å². The van der Waals surface area contributed by atoms with Crippen LogP contribution in [0.15, 0.2) is 53.6 Å². The molecule has 2 rings (SSSR count). The van der Waals surface area contributed by atoms with Crippen LogP contribution in [0.5, 0.6) is 0 Å². The molecule has 0 amide bonds. The summed E-state index contributed by atoms with van der Waals surface area (Å²) in [6.45, 7) is 0. The summed E-state index contributed by atoms with van der Waals surface area (Å²) < 4.78 is 38.3. The van der Waals surface area contributed by atoms with E-state index in [9.17, 15) is 18.0 Å². The molecule has 0 radical (unpaired) electrons. The zero-order valence-electron chi connectivity index (χ0n) is 11.1. The van der Waals surface area contributed by atoms with E-state index < -0.39 is 17.7 Å². The summed E-state index contributed by atoms with van der Waals surface area (Å²) in [6, 6.07) is 10.7. The van der Waals surface area contributed by atoms with Crippen molar-refractivity contribution in [3.05, 3.63) is 65.2 Å². The standard InChI is InChI=1S/C15H11F3N2O2/c16-15(17,18)13-4-2-1-3-11(13)9-19-20-12-7-5-10(6-8-12)14(21)22/h1-9,20H,(H,21,22)/b19-9+. The number of halogens is 3. The van der Waals surface area contributed by atoms with Crippen LogP contribution in [0.25, 0.3) is 0 Å². The average molecular weight is 308 g/mol. The Bertz CT molecular complexity index is 695. The van der Waals surface area contributed by atoms with E-state index in [-0.39, 0.29) is 11.1 Å². The van der Waals surface area contributed by atoms with Crippen molar-refractivity contribution in [1.82, 2.24) is 0 Å². The Balaban J connectivity index is 2.12. The van der Waals surface area contributed by atoms with Crippen LogP contribution in [0.1, 0.15) is 21.5 Å². The number of alkyl halides is 3. The predicted molar refractivity (Wildman–Crippen MR) is 76.1 cm³/mol. The van der Waals surface area contributed by atoms with Crippen LogP contribution in [0.4, 0.5) is 18.9 Å². The average Bonchev–Trinajstić information content (AvgIpc) is 2.47. The molecule has 0 fully saturated rings. The van der Waals surface area contributed by atoms with Crippen molar-refractivity contribution in [3.8, 4) is 0 Å². The molecule has 0 heterocycles. The number of carboxylic acids is 1. The van der Waals surface area contributed by atoms with Crippen molar-refractivity contribution in [2.75, 3.05) is 5.43 Å². The van der Waals surface area contributed by atoms with Crippen molar-refractivity contribution in [3.63, 3.8) is 0 Å². The van der Waals surface area contributed by atoms with Crippen molar-refractivity contribution >= 4 is 17.9 Å². The molecule has 0 bridgehead atoms. The third-order valence-electron chi connectivity index (χ3n) is 2.80. The molecule has 0 unspecified atom stereocenters. The van der Waals surface area contributed by atoms with Gasteiger partial charge in [0.25, 0.3) is 0 Å². The van der Waals surface area contributed by atoms with Crippen LogP contribution >= 0.6 is 0 Å². The first-order valence-electron chi connectivity index (χ1n) is 6.16. The topological polar surface area (TPSA) is 61.7 Å². The number of hydrogen-bond donors (Lipinski definition) is 2. The number of anilines is 1. The summed E-state index contributed by atoms with van der Waals surface area (Å²) >= 11 is 0. The second-order valence-corrected chi connectivity index (χ2v) is 4.34. The van der Waals surface area contributed by atoms with Gasteiger partial charge in [0, 0.05) is 5.56 Å². The maximum absolute atomic E-state index is 12.8. The van der Waals surface area contributed by atoms with Crippen LogP contribution in [0.2, 0.25) is 0 Å². The van der Waals surface area contributed by atoms with Crippen LogP contribution in [0, 0.1) is 0 Å². The Morgan fingerprint density at radius 2 is 1.73 bits per heavy atom. The first-order valence-corrected chi connectivity index (χ1v) is 6.16. The number of hydrogen-bond acceptors (Lipinski definition) is 3. The summed E-state index contributed by atoms with van der Waals surface area (Å²) in [5, 5.41) is 12.5. The molecular formula is C15H11F3N2O2. The normalized spacial score (nSPS) is 11.6. The number of benzene rings is 2. The Morgan fingerprint density at radius 1 is 1.09 bits per heavy atom. The number of rotatable bonds is 4. The molecule has 2 aromatic carbocycles. The highest BCUT2D eigenvalue weighted by molar-refractivity contribution is 5.88. The van der Waals surface area contributed by atoms with Crippen LogP contribution in [0.3, 0.4) is 0 Å². The van der Waals surface area contributed by atoms with Gasteiger partial charge in [0.05, 0.1) is 23.0 Å². The summed E-state index contributed by atoms with van der Waals surface area (Å²) in [5.74, 6) is -1.06. The Kier molecular flexibility index (Phi) is 4.45. The number of hydrazone groups is 1. The van der Waals surface area contributed by atoms with Gasteiger partial charge in [-0.25, -0.2) is 4.79 Å². The SMILES string of the molecule is O=C(O)c1ccc(N/N=C/c2ccccc2C(F)(F)F)cc1. The molecule has 0 aliphatic heterocycles. The fourth-order valence-corrected chi connectivity index (χ4v) is 1.73. The molecule has 0 spiro atoms. The zero-order valence-corrected chi connectivity index (χ0v) is 11.1. The van der Waals surface area contributed by atoms with Gasteiger partial charge >= 0.3 is 12.1 Å². The van der Waals surface area contributed by atoms with E-state index in [4.69, 9.17) is 5.11 Å². The highest BCUT2D eigenvalue weighted by atomic mass is 19.4. The lowest BCUT2D eigenvalue weighted by Gasteiger charge is -2.09. The number of nitrogens with one attached hydrogen (secondary N) is 1. The van der Waals surface area contributed by atoms with E-state index in [0.717, 1.165) is 12.3 Å². The number of aromatic carboxylic acids is 1. The predicted octanol–water partition coefficient (Wildman–Crippen LogP) is 3.85. The molecule has 0 saturated heterocycles. The fourth-order valence-electron chi connectivity index (χ4n) is 1.73. The largest absolute Gasteiger partial charge is 0.478 e. The Morgan fingerprint density at radius 3 is 2.32 bits per heavy atom. The van der Waals surface area contributed by atoms with Crippen molar-refractivity contribution < 1.29 is 23.1 Å². The minimum absolute atomic E-state index is 0.0651. The molecule has 22 heavy (non-hydrogen) atoms. The number of carbonyl (C=O) groups is 1. The lowest BCUT2D eigenvalue weighted by atomic mass is 10.1. The van der Waals surface area contributed by atoms with Gasteiger partial charge in [0.1, 0.15) is 0 Å². The smallest absolute Gasteiger partial charge is 0.417 e. The first kappa shape index (κ1) is 15.6. The molecule has 0 aliphatic carbocycles. The zero-order chi connectivity index (χ0) is 16.2. The van der Waals surface area contributed by atoms with Crippen LogP contribution < -0.4 is 5.43 Å². The van der Waals surface area contributed by atoms with Crippen molar-refractivity contribution in [1.29, 1.82) is 0 Å². The highest BCUT2D eigenvalue weighted by Crippen LogP contribution is 2.31. The molecule has 4 nitrogen and oxygen atoms in total. The molecule has 0 aliphatic rings.